The van der Waals surface area contributed by atoms with Crippen LogP contribution in [0.15, 0.2) is 66.7 Å². The van der Waals surface area contributed by atoms with Crippen molar-refractivity contribution in [2.45, 2.75) is 64.8 Å². The van der Waals surface area contributed by atoms with Gasteiger partial charge in [0.25, 0.3) is 5.91 Å². The molecule has 0 aromatic heterocycles. The Bertz CT molecular complexity index is 1520. The average molecular weight is 661 g/mol. The Kier molecular flexibility index (Phi) is 12.2. The van der Waals surface area contributed by atoms with Crippen molar-refractivity contribution in [3.8, 4) is 17.2 Å². The fourth-order valence-corrected chi connectivity index (χ4v) is 6.00. The molecule has 48 heavy (non-hydrogen) atoms. The normalized spacial score (nSPS) is 20.8. The zero-order chi connectivity index (χ0) is 34.0. The van der Waals surface area contributed by atoms with Crippen LogP contribution in [0.3, 0.4) is 0 Å². The number of benzene rings is 3. The van der Waals surface area contributed by atoms with Crippen LogP contribution in [0.5, 0.6) is 17.2 Å². The predicted octanol–water partition coefficient (Wildman–Crippen LogP) is 5.99. The Balaban J connectivity index is 1.36. The first-order valence-corrected chi connectivity index (χ1v) is 16.7. The van der Waals surface area contributed by atoms with Crippen molar-refractivity contribution in [3.63, 3.8) is 0 Å². The van der Waals surface area contributed by atoms with Gasteiger partial charge in [0, 0.05) is 49.6 Å². The third kappa shape index (κ3) is 9.40. The fourth-order valence-electron chi connectivity index (χ4n) is 6.00. The lowest BCUT2D eigenvalue weighted by molar-refractivity contribution is -0.0177. The Morgan fingerprint density at radius 1 is 0.979 bits per heavy atom. The number of rotatable bonds is 8. The SMILES string of the molecule is C[C@@H]1CCCCO[C@@H](CN(C)Cc2ccccc2)[C@H](C)CN([C@H](C)CO)C(=O)c2cc(NC(=O)Nc3ccc4c(c3)OCO4)ccc2O1. The number of anilines is 2. The van der Waals surface area contributed by atoms with Crippen molar-refractivity contribution in [2.24, 2.45) is 5.92 Å². The zero-order valence-corrected chi connectivity index (χ0v) is 28.3. The summed E-state index contributed by atoms with van der Waals surface area (Å²) >= 11 is 0. The number of urea groups is 1. The van der Waals surface area contributed by atoms with Crippen LogP contribution in [-0.2, 0) is 11.3 Å². The number of nitrogens with one attached hydrogen (secondary N) is 2. The summed E-state index contributed by atoms with van der Waals surface area (Å²) in [6.45, 7) is 8.29. The van der Waals surface area contributed by atoms with E-state index in [4.69, 9.17) is 18.9 Å². The second kappa shape index (κ2) is 16.7. The number of ether oxygens (including phenoxy) is 4. The van der Waals surface area contributed by atoms with Gasteiger partial charge in [-0.2, -0.15) is 0 Å². The monoisotopic (exact) mass is 660 g/mol. The van der Waals surface area contributed by atoms with Gasteiger partial charge in [-0.15, -0.1) is 0 Å². The number of hydrogen-bond donors (Lipinski definition) is 3. The van der Waals surface area contributed by atoms with E-state index in [0.29, 0.717) is 53.9 Å². The van der Waals surface area contributed by atoms with Crippen LogP contribution in [0.2, 0.25) is 0 Å². The van der Waals surface area contributed by atoms with Gasteiger partial charge in [-0.05, 0) is 76.1 Å². The first-order chi connectivity index (χ1) is 23.2. The lowest BCUT2D eigenvalue weighted by Gasteiger charge is -2.36. The lowest BCUT2D eigenvalue weighted by atomic mass is 10.0. The zero-order valence-electron chi connectivity index (χ0n) is 28.3. The van der Waals surface area contributed by atoms with E-state index < -0.39 is 12.1 Å². The number of aliphatic hydroxyl groups excluding tert-OH is 1. The van der Waals surface area contributed by atoms with Gasteiger partial charge in [0.15, 0.2) is 11.5 Å². The van der Waals surface area contributed by atoms with Crippen molar-refractivity contribution in [2.75, 3.05) is 50.8 Å². The number of carbonyl (C=O) groups is 2. The van der Waals surface area contributed by atoms with Crippen molar-refractivity contribution in [1.82, 2.24) is 9.80 Å². The van der Waals surface area contributed by atoms with E-state index in [0.717, 1.165) is 25.8 Å². The highest BCUT2D eigenvalue weighted by Crippen LogP contribution is 2.34. The molecule has 0 saturated heterocycles. The largest absolute Gasteiger partial charge is 0.490 e. The molecule has 3 aromatic carbocycles. The number of likely N-dealkylation sites (N-methyl/N-ethyl adjacent to an activating group) is 1. The van der Waals surface area contributed by atoms with Gasteiger partial charge < -0.3 is 39.6 Å². The molecule has 0 bridgehead atoms. The molecule has 3 amide bonds. The molecule has 11 heteroatoms. The van der Waals surface area contributed by atoms with E-state index >= 15 is 0 Å². The highest BCUT2D eigenvalue weighted by molar-refractivity contribution is 6.02. The molecule has 3 aromatic rings. The number of amides is 3. The van der Waals surface area contributed by atoms with Crippen molar-refractivity contribution >= 4 is 23.3 Å². The van der Waals surface area contributed by atoms with Gasteiger partial charge in [-0.3, -0.25) is 9.69 Å². The molecule has 0 spiro atoms. The summed E-state index contributed by atoms with van der Waals surface area (Å²) in [7, 11) is 2.08. The standard InChI is InChI=1S/C37H48N4O7/c1-25-20-41(26(2)23-42)36(43)31-18-29(38-37(44)39-30-14-16-33-34(19-30)47-24-46-33)13-15-32(31)48-27(3)10-8-9-17-45-35(25)22-40(4)21-28-11-6-5-7-12-28/h5-7,11-16,18-19,25-27,35,42H,8-10,17,20-24H2,1-4H3,(H2,38,39,44)/t25-,26-,27-,35+/m1/s1. The maximum Gasteiger partial charge on any atom is 0.323 e. The first-order valence-electron chi connectivity index (χ1n) is 16.7. The molecular formula is C37H48N4O7. The van der Waals surface area contributed by atoms with E-state index in [1.165, 1.54) is 5.56 Å². The van der Waals surface area contributed by atoms with Gasteiger partial charge in [-0.1, -0.05) is 37.3 Å². The molecule has 258 valence electrons. The van der Waals surface area contributed by atoms with Gasteiger partial charge in [-0.25, -0.2) is 4.79 Å². The van der Waals surface area contributed by atoms with Crippen LogP contribution in [0, 0.1) is 5.92 Å². The lowest BCUT2D eigenvalue weighted by Crippen LogP contribution is -2.47. The number of aliphatic hydroxyl groups is 1. The van der Waals surface area contributed by atoms with Crippen molar-refractivity contribution in [1.29, 1.82) is 0 Å². The highest BCUT2D eigenvalue weighted by Gasteiger charge is 2.30. The summed E-state index contributed by atoms with van der Waals surface area (Å²) in [6.07, 6.45) is 2.31. The minimum atomic E-state index is -0.481. The Morgan fingerprint density at radius 3 is 2.44 bits per heavy atom. The Morgan fingerprint density at radius 2 is 1.69 bits per heavy atom. The van der Waals surface area contributed by atoms with Crippen molar-refractivity contribution in [3.05, 3.63) is 77.9 Å². The minimum Gasteiger partial charge on any atom is -0.490 e. The van der Waals surface area contributed by atoms with E-state index in [-0.39, 0.29) is 37.4 Å². The Hall–Kier alpha value is -4.32. The smallest absolute Gasteiger partial charge is 0.323 e. The summed E-state index contributed by atoms with van der Waals surface area (Å²) < 4.78 is 23.6. The number of fused-ring (bicyclic) bond motifs is 2. The van der Waals surface area contributed by atoms with E-state index in [2.05, 4.69) is 41.6 Å². The second-order valence-electron chi connectivity index (χ2n) is 12.8. The van der Waals surface area contributed by atoms with E-state index in [1.807, 2.05) is 32.0 Å². The molecule has 0 unspecified atom stereocenters. The predicted molar refractivity (Wildman–Crippen MR) is 185 cm³/mol. The third-order valence-electron chi connectivity index (χ3n) is 8.73. The molecule has 0 saturated carbocycles. The molecule has 4 atom stereocenters. The van der Waals surface area contributed by atoms with Gasteiger partial charge >= 0.3 is 6.03 Å². The minimum absolute atomic E-state index is 0.0406. The van der Waals surface area contributed by atoms with E-state index in [9.17, 15) is 14.7 Å². The van der Waals surface area contributed by atoms with Crippen LogP contribution in [-0.4, -0.2) is 85.2 Å². The number of hydrogen-bond acceptors (Lipinski definition) is 8. The summed E-state index contributed by atoms with van der Waals surface area (Å²) in [5.74, 6) is 1.27. The molecule has 0 radical (unpaired) electrons. The van der Waals surface area contributed by atoms with Crippen molar-refractivity contribution < 1.29 is 33.6 Å². The first kappa shape index (κ1) is 35.0. The van der Waals surface area contributed by atoms with Crippen LogP contribution >= 0.6 is 0 Å². The fraction of sp³-hybridized carbons (Fsp3) is 0.459. The topological polar surface area (TPSA) is 122 Å². The van der Waals surface area contributed by atoms with Crippen LogP contribution in [0.4, 0.5) is 16.2 Å². The molecule has 3 N–H and O–H groups in total. The summed E-state index contributed by atoms with van der Waals surface area (Å²) in [4.78, 5) is 31.3. The van der Waals surface area contributed by atoms with Crippen LogP contribution < -0.4 is 24.8 Å². The second-order valence-corrected chi connectivity index (χ2v) is 12.8. The Labute approximate surface area is 283 Å². The molecule has 0 fully saturated rings. The number of nitrogens with zero attached hydrogens (tertiary/aromatic N) is 2. The molecule has 2 heterocycles. The van der Waals surface area contributed by atoms with E-state index in [1.54, 1.807) is 41.3 Å². The number of carbonyl (C=O) groups excluding carboxylic acids is 2. The molecular weight excluding hydrogens is 612 g/mol. The molecule has 2 aliphatic rings. The average Bonchev–Trinajstić information content (AvgIpc) is 3.54. The highest BCUT2D eigenvalue weighted by atomic mass is 16.7. The molecule has 0 aliphatic carbocycles. The quantitative estimate of drug-likeness (QED) is 0.270. The third-order valence-corrected chi connectivity index (χ3v) is 8.73. The summed E-state index contributed by atoms with van der Waals surface area (Å²) in [5.41, 5.74) is 2.49. The summed E-state index contributed by atoms with van der Waals surface area (Å²) in [6, 6.07) is 19.6. The van der Waals surface area contributed by atoms with Gasteiger partial charge in [0.05, 0.1) is 30.4 Å². The molecule has 2 aliphatic heterocycles. The maximum atomic E-state index is 14.4. The van der Waals surface area contributed by atoms with Crippen LogP contribution in [0.1, 0.15) is 56.0 Å². The van der Waals surface area contributed by atoms with Gasteiger partial charge in [0.2, 0.25) is 6.79 Å². The summed E-state index contributed by atoms with van der Waals surface area (Å²) in [5, 5.41) is 15.9. The maximum absolute atomic E-state index is 14.4. The van der Waals surface area contributed by atoms with Gasteiger partial charge in [0.1, 0.15) is 5.75 Å². The molecule has 11 nitrogen and oxygen atoms in total. The van der Waals surface area contributed by atoms with Crippen LogP contribution in [0.25, 0.3) is 0 Å². The molecule has 5 rings (SSSR count).